The van der Waals surface area contributed by atoms with Crippen molar-refractivity contribution in [2.75, 3.05) is 19.7 Å². The topological polar surface area (TPSA) is 54.2 Å². The molecule has 0 spiro atoms. The maximum absolute atomic E-state index is 9.03. The average molecular weight is 353 g/mol. The molecule has 6 heteroatoms. The first-order chi connectivity index (χ1) is 10.2. The molecule has 5 nitrogen and oxygen atoms in total. The lowest BCUT2D eigenvalue weighted by Crippen LogP contribution is -2.34. The van der Waals surface area contributed by atoms with Gasteiger partial charge in [0.15, 0.2) is 5.65 Å². The standard InChI is InChI=1S/C15H21BrN4O/c1-11-18-15-14(8-12(16)9-17-15)20(11)10-13-4-2-5-19(13)6-3-7-21/h8-9,13,21H,2-7,10H2,1H3/t13-/m1/s1. The molecule has 1 fully saturated rings. The van der Waals surface area contributed by atoms with Crippen LogP contribution in [0.5, 0.6) is 0 Å². The summed E-state index contributed by atoms with van der Waals surface area (Å²) in [6.07, 6.45) is 5.10. The van der Waals surface area contributed by atoms with Gasteiger partial charge in [0.2, 0.25) is 0 Å². The van der Waals surface area contributed by atoms with Gasteiger partial charge in [-0.1, -0.05) is 0 Å². The predicted molar refractivity (Wildman–Crippen MR) is 86.3 cm³/mol. The van der Waals surface area contributed by atoms with E-state index in [1.807, 2.05) is 6.92 Å². The molecule has 3 heterocycles. The van der Waals surface area contributed by atoms with Crippen LogP contribution in [0.1, 0.15) is 25.1 Å². The minimum absolute atomic E-state index is 0.271. The highest BCUT2D eigenvalue weighted by Crippen LogP contribution is 2.23. The maximum atomic E-state index is 9.03. The van der Waals surface area contributed by atoms with E-state index in [0.29, 0.717) is 6.04 Å². The number of aliphatic hydroxyl groups excluding tert-OH is 1. The summed E-state index contributed by atoms with van der Waals surface area (Å²) in [4.78, 5) is 11.4. The molecule has 2 aromatic heterocycles. The molecule has 0 aromatic carbocycles. The van der Waals surface area contributed by atoms with E-state index >= 15 is 0 Å². The fraction of sp³-hybridized carbons (Fsp3) is 0.600. The second-order valence-corrected chi connectivity index (χ2v) is 6.59. The van der Waals surface area contributed by atoms with E-state index in [1.54, 1.807) is 6.20 Å². The van der Waals surface area contributed by atoms with Crippen molar-refractivity contribution < 1.29 is 5.11 Å². The van der Waals surface area contributed by atoms with Crippen LogP contribution in [-0.2, 0) is 6.54 Å². The van der Waals surface area contributed by atoms with E-state index in [4.69, 9.17) is 5.11 Å². The van der Waals surface area contributed by atoms with E-state index in [0.717, 1.165) is 47.5 Å². The molecular weight excluding hydrogens is 332 g/mol. The Bertz CT molecular complexity index is 627. The van der Waals surface area contributed by atoms with Gasteiger partial charge in [0.1, 0.15) is 5.82 Å². The molecule has 1 aliphatic rings. The fourth-order valence-corrected chi connectivity index (χ4v) is 3.52. The second-order valence-electron chi connectivity index (χ2n) is 5.68. The van der Waals surface area contributed by atoms with Crippen molar-refractivity contribution in [2.24, 2.45) is 0 Å². The number of imidazole rings is 1. The molecule has 0 unspecified atom stereocenters. The van der Waals surface area contributed by atoms with Crippen molar-refractivity contribution in [3.63, 3.8) is 0 Å². The van der Waals surface area contributed by atoms with Gasteiger partial charge in [-0.15, -0.1) is 0 Å². The largest absolute Gasteiger partial charge is 0.396 e. The zero-order chi connectivity index (χ0) is 14.8. The Morgan fingerprint density at radius 3 is 3.14 bits per heavy atom. The maximum Gasteiger partial charge on any atom is 0.177 e. The number of pyridine rings is 1. The second kappa shape index (κ2) is 6.42. The molecule has 0 aliphatic carbocycles. The van der Waals surface area contributed by atoms with Gasteiger partial charge < -0.3 is 9.67 Å². The number of hydrogen-bond acceptors (Lipinski definition) is 4. The van der Waals surface area contributed by atoms with Crippen molar-refractivity contribution in [1.29, 1.82) is 0 Å². The van der Waals surface area contributed by atoms with Crippen molar-refractivity contribution >= 4 is 27.1 Å². The molecule has 1 aliphatic heterocycles. The third-order valence-electron chi connectivity index (χ3n) is 4.26. The van der Waals surface area contributed by atoms with E-state index in [1.165, 1.54) is 12.8 Å². The van der Waals surface area contributed by atoms with Crippen molar-refractivity contribution in [3.8, 4) is 0 Å². The number of aromatic nitrogens is 3. The molecule has 1 atom stereocenters. The molecule has 21 heavy (non-hydrogen) atoms. The highest BCUT2D eigenvalue weighted by Gasteiger charge is 2.25. The molecule has 2 aromatic rings. The number of rotatable bonds is 5. The van der Waals surface area contributed by atoms with Gasteiger partial charge in [0, 0.05) is 36.4 Å². The molecule has 1 N–H and O–H groups in total. The van der Waals surface area contributed by atoms with Gasteiger partial charge in [-0.05, 0) is 54.7 Å². The number of aliphatic hydroxyl groups is 1. The molecule has 0 saturated carbocycles. The zero-order valence-corrected chi connectivity index (χ0v) is 13.9. The van der Waals surface area contributed by atoms with Crippen LogP contribution in [0.15, 0.2) is 16.7 Å². The van der Waals surface area contributed by atoms with Gasteiger partial charge in [-0.3, -0.25) is 4.90 Å². The molecule has 3 rings (SSSR count). The summed E-state index contributed by atoms with van der Waals surface area (Å²) in [7, 11) is 0. The smallest absolute Gasteiger partial charge is 0.177 e. The molecule has 0 radical (unpaired) electrons. The summed E-state index contributed by atoms with van der Waals surface area (Å²) >= 11 is 3.49. The number of nitrogens with zero attached hydrogens (tertiary/aromatic N) is 4. The van der Waals surface area contributed by atoms with Crippen molar-refractivity contribution in [2.45, 2.75) is 38.8 Å². The first-order valence-electron chi connectivity index (χ1n) is 7.52. The van der Waals surface area contributed by atoms with E-state index in [9.17, 15) is 0 Å². The Kier molecular flexibility index (Phi) is 4.57. The van der Waals surface area contributed by atoms with Gasteiger partial charge in [0.05, 0.1) is 5.52 Å². The van der Waals surface area contributed by atoms with Crippen molar-refractivity contribution in [3.05, 3.63) is 22.6 Å². The highest BCUT2D eigenvalue weighted by molar-refractivity contribution is 9.10. The summed E-state index contributed by atoms with van der Waals surface area (Å²) < 4.78 is 3.26. The molecular formula is C15H21BrN4O. The lowest BCUT2D eigenvalue weighted by Gasteiger charge is -2.25. The van der Waals surface area contributed by atoms with Crippen LogP contribution in [0.2, 0.25) is 0 Å². The number of aryl methyl sites for hydroxylation is 1. The predicted octanol–water partition coefficient (Wildman–Crippen LogP) is 2.35. The summed E-state index contributed by atoms with van der Waals surface area (Å²) in [5.74, 6) is 1.02. The third-order valence-corrected chi connectivity index (χ3v) is 4.69. The molecule has 114 valence electrons. The quantitative estimate of drug-likeness (QED) is 0.897. The van der Waals surface area contributed by atoms with Gasteiger partial charge in [0.25, 0.3) is 0 Å². The van der Waals surface area contributed by atoms with E-state index in [2.05, 4.69) is 41.4 Å². The van der Waals surface area contributed by atoms with Crippen LogP contribution in [0.25, 0.3) is 11.2 Å². The minimum Gasteiger partial charge on any atom is -0.396 e. The van der Waals surface area contributed by atoms with Crippen LogP contribution in [-0.4, -0.2) is 50.3 Å². The Morgan fingerprint density at radius 2 is 2.33 bits per heavy atom. The van der Waals surface area contributed by atoms with Crippen LogP contribution >= 0.6 is 15.9 Å². The van der Waals surface area contributed by atoms with Gasteiger partial charge in [-0.25, -0.2) is 9.97 Å². The van der Waals surface area contributed by atoms with Crippen LogP contribution in [0.4, 0.5) is 0 Å². The lowest BCUT2D eigenvalue weighted by atomic mass is 10.2. The SMILES string of the molecule is Cc1nc2ncc(Br)cc2n1C[C@H]1CCCN1CCCO. The molecule has 0 amide bonds. The van der Waals surface area contributed by atoms with Gasteiger partial charge in [-0.2, -0.15) is 0 Å². The number of halogens is 1. The Morgan fingerprint density at radius 1 is 1.48 bits per heavy atom. The van der Waals surface area contributed by atoms with Crippen molar-refractivity contribution in [1.82, 2.24) is 19.4 Å². The highest BCUT2D eigenvalue weighted by atomic mass is 79.9. The summed E-state index contributed by atoms with van der Waals surface area (Å²) in [5.41, 5.74) is 1.91. The molecule has 0 bridgehead atoms. The van der Waals surface area contributed by atoms with Crippen LogP contribution < -0.4 is 0 Å². The van der Waals surface area contributed by atoms with Crippen LogP contribution in [0, 0.1) is 6.92 Å². The average Bonchev–Trinajstić information content (AvgIpc) is 3.03. The zero-order valence-electron chi connectivity index (χ0n) is 12.3. The monoisotopic (exact) mass is 352 g/mol. The summed E-state index contributed by atoms with van der Waals surface area (Å²) in [6.45, 7) is 5.38. The Balaban J connectivity index is 1.83. The molecule has 1 saturated heterocycles. The van der Waals surface area contributed by atoms with Gasteiger partial charge >= 0.3 is 0 Å². The number of hydrogen-bond donors (Lipinski definition) is 1. The normalized spacial score (nSPS) is 19.7. The summed E-state index contributed by atoms with van der Waals surface area (Å²) in [6, 6.07) is 2.63. The van der Waals surface area contributed by atoms with E-state index in [-0.39, 0.29) is 6.61 Å². The first-order valence-corrected chi connectivity index (χ1v) is 8.31. The summed E-state index contributed by atoms with van der Waals surface area (Å²) in [5, 5.41) is 9.03. The lowest BCUT2D eigenvalue weighted by molar-refractivity contribution is 0.201. The van der Waals surface area contributed by atoms with E-state index < -0.39 is 0 Å². The first kappa shape index (κ1) is 14.9. The number of likely N-dealkylation sites (tertiary alicyclic amines) is 1. The fourth-order valence-electron chi connectivity index (χ4n) is 3.21. The number of fused-ring (bicyclic) bond motifs is 1. The third kappa shape index (κ3) is 3.12. The Labute approximate surface area is 133 Å². The minimum atomic E-state index is 0.271. The Hall–Kier alpha value is -0.980. The van der Waals surface area contributed by atoms with Crippen LogP contribution in [0.3, 0.4) is 0 Å².